The molecule has 1 aliphatic rings. The number of carboxylic acids is 1. The summed E-state index contributed by atoms with van der Waals surface area (Å²) in [6.07, 6.45) is 2.27. The number of hydrogen-bond donors (Lipinski definition) is 2. The van der Waals surface area contributed by atoms with Crippen molar-refractivity contribution in [1.82, 2.24) is 19.9 Å². The molecule has 1 saturated heterocycles. The second-order valence-corrected chi connectivity index (χ2v) is 4.51. The van der Waals surface area contributed by atoms with Crippen molar-refractivity contribution >= 4 is 23.4 Å². The van der Waals surface area contributed by atoms with Gasteiger partial charge in [0.1, 0.15) is 0 Å². The van der Waals surface area contributed by atoms with Crippen LogP contribution in [0.3, 0.4) is 0 Å². The van der Waals surface area contributed by atoms with Crippen molar-refractivity contribution in [2.24, 2.45) is 0 Å². The summed E-state index contributed by atoms with van der Waals surface area (Å²) >= 11 is 0. The average molecular weight is 274 g/mol. The van der Waals surface area contributed by atoms with E-state index in [2.05, 4.69) is 15.4 Å². The van der Waals surface area contributed by atoms with Crippen molar-refractivity contribution < 1.29 is 19.5 Å². The number of imide groups is 1. The zero-order valence-corrected chi connectivity index (χ0v) is 10.2. The first-order chi connectivity index (χ1) is 9.54. The third-order valence-corrected chi connectivity index (χ3v) is 3.19. The van der Waals surface area contributed by atoms with Gasteiger partial charge in [-0.05, 0) is 24.1 Å². The number of nitrogens with zero attached hydrogens (tertiary/aromatic N) is 3. The van der Waals surface area contributed by atoms with E-state index in [-0.39, 0.29) is 24.1 Å². The molecule has 8 heteroatoms. The zero-order chi connectivity index (χ0) is 14.3. The Balaban J connectivity index is 1.98. The van der Waals surface area contributed by atoms with E-state index in [0.29, 0.717) is 17.6 Å². The molecule has 0 radical (unpaired) electrons. The lowest BCUT2D eigenvalue weighted by Gasteiger charge is -2.20. The monoisotopic (exact) mass is 274 g/mol. The van der Waals surface area contributed by atoms with Crippen LogP contribution >= 0.6 is 0 Å². The Labute approximate surface area is 112 Å². The summed E-state index contributed by atoms with van der Waals surface area (Å²) in [6, 6.07) is 3.28. The largest absolute Gasteiger partial charge is 0.475 e. The van der Waals surface area contributed by atoms with Crippen molar-refractivity contribution in [3.63, 3.8) is 0 Å². The smallest absolute Gasteiger partial charge is 0.375 e. The minimum atomic E-state index is -1.21. The Morgan fingerprint density at radius 3 is 2.95 bits per heavy atom. The summed E-state index contributed by atoms with van der Waals surface area (Å²) in [4.78, 5) is 37.6. The summed E-state index contributed by atoms with van der Waals surface area (Å²) in [7, 11) is 0. The number of amides is 2. The number of carboxylic acid groups (broad SMARTS) is 1. The molecule has 3 heterocycles. The molecule has 8 nitrogen and oxygen atoms in total. The minimum absolute atomic E-state index is 0.275. The van der Waals surface area contributed by atoms with Crippen LogP contribution in [-0.2, 0) is 9.59 Å². The number of aromatic nitrogens is 3. The summed E-state index contributed by atoms with van der Waals surface area (Å²) in [5, 5.41) is 14.9. The Morgan fingerprint density at radius 2 is 2.25 bits per heavy atom. The van der Waals surface area contributed by atoms with Crippen LogP contribution in [0.4, 0.5) is 0 Å². The van der Waals surface area contributed by atoms with E-state index in [1.807, 2.05) is 0 Å². The lowest BCUT2D eigenvalue weighted by Crippen LogP contribution is -2.39. The van der Waals surface area contributed by atoms with Gasteiger partial charge in [-0.2, -0.15) is 0 Å². The molecule has 20 heavy (non-hydrogen) atoms. The molecular weight excluding hydrogens is 264 g/mol. The predicted octanol–water partition coefficient (Wildman–Crippen LogP) is -0.0523. The van der Waals surface area contributed by atoms with Gasteiger partial charge < -0.3 is 5.11 Å². The zero-order valence-electron chi connectivity index (χ0n) is 10.2. The fourth-order valence-electron chi connectivity index (χ4n) is 2.22. The normalized spacial score (nSPS) is 19.1. The maximum absolute atomic E-state index is 11.8. The number of pyridine rings is 1. The Bertz CT molecular complexity index is 736. The molecule has 1 unspecified atom stereocenters. The molecule has 0 bridgehead atoms. The second-order valence-electron chi connectivity index (χ2n) is 4.51. The number of piperidine rings is 1. The van der Waals surface area contributed by atoms with Crippen LogP contribution in [-0.4, -0.2) is 37.5 Å². The van der Waals surface area contributed by atoms with Crippen molar-refractivity contribution in [3.8, 4) is 0 Å². The van der Waals surface area contributed by atoms with Gasteiger partial charge in [0.05, 0.1) is 5.92 Å². The van der Waals surface area contributed by atoms with Crippen molar-refractivity contribution in [2.45, 2.75) is 18.8 Å². The molecule has 0 spiro atoms. The van der Waals surface area contributed by atoms with Crippen LogP contribution in [0.5, 0.6) is 0 Å². The summed E-state index contributed by atoms with van der Waals surface area (Å²) in [6.45, 7) is 0. The number of aromatic carboxylic acids is 1. The number of rotatable bonds is 2. The molecule has 1 aliphatic heterocycles. The molecule has 2 N–H and O–H groups in total. The second kappa shape index (κ2) is 4.41. The van der Waals surface area contributed by atoms with Gasteiger partial charge in [-0.1, -0.05) is 0 Å². The van der Waals surface area contributed by atoms with Gasteiger partial charge >= 0.3 is 5.97 Å². The quantitative estimate of drug-likeness (QED) is 0.742. The average Bonchev–Trinajstić information content (AvgIpc) is 2.81. The Morgan fingerprint density at radius 1 is 1.45 bits per heavy atom. The molecule has 0 saturated carbocycles. The van der Waals surface area contributed by atoms with E-state index in [4.69, 9.17) is 5.11 Å². The molecule has 0 aliphatic carbocycles. The molecule has 102 valence electrons. The number of carbonyl (C=O) groups is 3. The first kappa shape index (κ1) is 12.3. The van der Waals surface area contributed by atoms with E-state index < -0.39 is 11.9 Å². The van der Waals surface area contributed by atoms with Gasteiger partial charge in [0.2, 0.25) is 11.8 Å². The molecule has 2 aromatic rings. The van der Waals surface area contributed by atoms with Crippen LogP contribution < -0.4 is 5.32 Å². The van der Waals surface area contributed by atoms with Gasteiger partial charge in [0.15, 0.2) is 5.65 Å². The van der Waals surface area contributed by atoms with Crippen LogP contribution in [0.2, 0.25) is 0 Å². The molecule has 0 aromatic carbocycles. The van der Waals surface area contributed by atoms with Crippen LogP contribution in [0, 0.1) is 0 Å². The fourth-order valence-corrected chi connectivity index (χ4v) is 2.22. The van der Waals surface area contributed by atoms with Gasteiger partial charge in [-0.15, -0.1) is 5.10 Å². The van der Waals surface area contributed by atoms with Crippen molar-refractivity contribution in [2.75, 3.05) is 0 Å². The van der Waals surface area contributed by atoms with Crippen LogP contribution in [0.15, 0.2) is 18.3 Å². The number of fused-ring (bicyclic) bond motifs is 1. The molecular formula is C12H10N4O4. The molecule has 1 atom stereocenters. The van der Waals surface area contributed by atoms with Crippen LogP contribution in [0.1, 0.15) is 34.9 Å². The number of nitrogens with one attached hydrogen (secondary N) is 1. The molecule has 3 rings (SSSR count). The summed E-state index contributed by atoms with van der Waals surface area (Å²) in [5.41, 5.74) is 1.04. The molecule has 1 fully saturated rings. The predicted molar refractivity (Wildman–Crippen MR) is 65.1 cm³/mol. The third-order valence-electron chi connectivity index (χ3n) is 3.19. The first-order valence-corrected chi connectivity index (χ1v) is 5.98. The topological polar surface area (TPSA) is 114 Å². The van der Waals surface area contributed by atoms with Crippen molar-refractivity contribution in [3.05, 3.63) is 29.7 Å². The highest BCUT2D eigenvalue weighted by molar-refractivity contribution is 6.01. The number of hydrogen-bond acceptors (Lipinski definition) is 5. The highest BCUT2D eigenvalue weighted by Gasteiger charge is 2.28. The first-order valence-electron chi connectivity index (χ1n) is 5.98. The standard InChI is InChI=1S/C12H10N4O4/c17-9-2-1-7(11(18)14-9)6-3-4-16-8(5-6)13-10(15-16)12(19)20/h3-5,7H,1-2H2,(H,19,20)(H,14,17,18). The Hall–Kier alpha value is -2.77. The minimum Gasteiger partial charge on any atom is -0.475 e. The van der Waals surface area contributed by atoms with Gasteiger partial charge in [0.25, 0.3) is 5.82 Å². The highest BCUT2D eigenvalue weighted by atomic mass is 16.4. The maximum atomic E-state index is 11.8. The van der Waals surface area contributed by atoms with Gasteiger partial charge in [-0.3, -0.25) is 14.9 Å². The lowest BCUT2D eigenvalue weighted by atomic mass is 9.91. The Kier molecular flexibility index (Phi) is 2.70. The SMILES string of the molecule is O=C1CCC(c2ccn3nc(C(=O)O)nc3c2)C(=O)N1. The molecule has 2 aromatic heterocycles. The van der Waals surface area contributed by atoms with E-state index >= 15 is 0 Å². The van der Waals surface area contributed by atoms with E-state index in [0.717, 1.165) is 0 Å². The summed E-state index contributed by atoms with van der Waals surface area (Å²) < 4.78 is 1.33. The van der Waals surface area contributed by atoms with Crippen molar-refractivity contribution in [1.29, 1.82) is 0 Å². The maximum Gasteiger partial charge on any atom is 0.375 e. The van der Waals surface area contributed by atoms with Gasteiger partial charge in [-0.25, -0.2) is 14.3 Å². The van der Waals surface area contributed by atoms with E-state index in [9.17, 15) is 14.4 Å². The third kappa shape index (κ3) is 2.00. The van der Waals surface area contributed by atoms with Gasteiger partial charge in [0, 0.05) is 12.6 Å². The fraction of sp³-hybridized carbons (Fsp3) is 0.250. The van der Waals surface area contributed by atoms with E-state index in [1.54, 1.807) is 18.3 Å². The molecule has 2 amide bonds. The summed E-state index contributed by atoms with van der Waals surface area (Å²) in [5.74, 6) is -2.56. The van der Waals surface area contributed by atoms with E-state index in [1.165, 1.54) is 4.52 Å². The number of carbonyl (C=O) groups excluding carboxylic acids is 2. The highest BCUT2D eigenvalue weighted by Crippen LogP contribution is 2.25. The lowest BCUT2D eigenvalue weighted by molar-refractivity contribution is -0.134. The van der Waals surface area contributed by atoms with Crippen LogP contribution in [0.25, 0.3) is 5.65 Å².